The lowest BCUT2D eigenvalue weighted by molar-refractivity contribution is 0.225. The topological polar surface area (TPSA) is 43.2 Å². The van der Waals surface area contributed by atoms with Crippen molar-refractivity contribution >= 4 is 5.95 Å². The van der Waals surface area contributed by atoms with Crippen molar-refractivity contribution in [2.24, 2.45) is 5.92 Å². The summed E-state index contributed by atoms with van der Waals surface area (Å²) < 4.78 is 8.54. The molecule has 24 heavy (non-hydrogen) atoms. The lowest BCUT2D eigenvalue weighted by Crippen LogP contribution is -2.27. The Morgan fingerprint density at radius 1 is 1.00 bits per heavy atom. The van der Waals surface area contributed by atoms with E-state index in [1.54, 1.807) is 0 Å². The van der Waals surface area contributed by atoms with Crippen LogP contribution >= 0.6 is 0 Å². The number of ether oxygens (including phenoxy) is 1. The van der Waals surface area contributed by atoms with Crippen LogP contribution in [0.5, 0.6) is 5.75 Å². The van der Waals surface area contributed by atoms with Crippen LogP contribution in [0.3, 0.4) is 0 Å². The van der Waals surface area contributed by atoms with E-state index in [0.29, 0.717) is 5.92 Å². The van der Waals surface area contributed by atoms with Gasteiger partial charge in [-0.25, -0.2) is 0 Å². The summed E-state index contributed by atoms with van der Waals surface area (Å²) in [6.07, 6.45) is 6.57. The molecule has 5 heteroatoms. The fraction of sp³-hybridized carbons (Fsp3) is 0.579. The number of hydrogen-bond acceptors (Lipinski definition) is 4. The maximum atomic E-state index is 6.13. The van der Waals surface area contributed by atoms with Crippen LogP contribution < -0.4 is 9.64 Å². The molecule has 3 aliphatic rings. The Hall–Kier alpha value is -2.04. The van der Waals surface area contributed by atoms with Gasteiger partial charge in [-0.2, -0.15) is 0 Å². The van der Waals surface area contributed by atoms with E-state index in [1.807, 2.05) is 30.3 Å². The minimum atomic E-state index is 0.239. The molecule has 1 aromatic heterocycles. The smallest absolute Gasteiger partial charge is 0.227 e. The van der Waals surface area contributed by atoms with Gasteiger partial charge >= 0.3 is 0 Å². The molecule has 0 bridgehead atoms. The summed E-state index contributed by atoms with van der Waals surface area (Å²) in [5, 5.41) is 9.11. The van der Waals surface area contributed by atoms with Crippen molar-refractivity contribution in [3.05, 3.63) is 36.2 Å². The molecule has 0 amide bonds. The first kappa shape index (κ1) is 14.3. The van der Waals surface area contributed by atoms with Gasteiger partial charge in [0.05, 0.1) is 6.54 Å². The second-order valence-electron chi connectivity index (χ2n) is 7.47. The molecule has 1 aliphatic heterocycles. The predicted molar refractivity (Wildman–Crippen MR) is 92.4 cm³/mol. The van der Waals surface area contributed by atoms with E-state index < -0.39 is 0 Å². The van der Waals surface area contributed by atoms with E-state index in [1.165, 1.54) is 31.5 Å². The number of para-hydroxylation sites is 1. The van der Waals surface area contributed by atoms with Gasteiger partial charge in [0.25, 0.3) is 0 Å². The molecule has 3 fully saturated rings. The van der Waals surface area contributed by atoms with Gasteiger partial charge in [-0.05, 0) is 43.7 Å². The second-order valence-corrected chi connectivity index (χ2v) is 7.47. The first-order valence-corrected chi connectivity index (χ1v) is 9.26. The molecule has 1 saturated heterocycles. The molecule has 2 aliphatic carbocycles. The van der Waals surface area contributed by atoms with Crippen LogP contribution in [0.2, 0.25) is 0 Å². The maximum Gasteiger partial charge on any atom is 0.227 e. The van der Waals surface area contributed by atoms with E-state index >= 15 is 0 Å². The predicted octanol–water partition coefficient (Wildman–Crippen LogP) is 3.22. The summed E-state index contributed by atoms with van der Waals surface area (Å²) in [5.74, 6) is 4.76. The second kappa shape index (κ2) is 5.80. The Balaban J connectivity index is 1.31. The van der Waals surface area contributed by atoms with Crippen LogP contribution in [0.25, 0.3) is 0 Å². The van der Waals surface area contributed by atoms with Crippen LogP contribution in [0, 0.1) is 5.92 Å². The molecule has 0 radical (unpaired) electrons. The number of nitrogens with zero attached hydrogens (tertiary/aromatic N) is 4. The largest absolute Gasteiger partial charge is 0.489 e. The van der Waals surface area contributed by atoms with Gasteiger partial charge in [0.15, 0.2) is 0 Å². The molecular formula is C19H24N4O. The van der Waals surface area contributed by atoms with E-state index in [9.17, 15) is 0 Å². The minimum absolute atomic E-state index is 0.239. The van der Waals surface area contributed by atoms with Crippen LogP contribution in [0.15, 0.2) is 30.3 Å². The van der Waals surface area contributed by atoms with Crippen molar-refractivity contribution in [3.8, 4) is 5.75 Å². The Morgan fingerprint density at radius 2 is 1.83 bits per heavy atom. The van der Waals surface area contributed by atoms with Crippen LogP contribution in [0.1, 0.15) is 43.8 Å². The lowest BCUT2D eigenvalue weighted by Gasteiger charge is -2.19. The van der Waals surface area contributed by atoms with E-state index in [-0.39, 0.29) is 6.10 Å². The SMILES string of the molecule is c1ccc(O[C@@H]2CCN(c3nnc(C4CC4)n3CC3CC3)C2)cc1. The zero-order valence-corrected chi connectivity index (χ0v) is 14.0. The Morgan fingerprint density at radius 3 is 2.58 bits per heavy atom. The first-order valence-electron chi connectivity index (χ1n) is 9.26. The Kier molecular flexibility index (Phi) is 3.46. The Bertz CT molecular complexity index is 705. The number of benzene rings is 1. The van der Waals surface area contributed by atoms with Gasteiger partial charge in [-0.15, -0.1) is 10.2 Å². The first-order chi connectivity index (χ1) is 11.9. The molecule has 0 unspecified atom stereocenters. The van der Waals surface area contributed by atoms with Crippen molar-refractivity contribution in [2.45, 2.75) is 50.7 Å². The number of aromatic nitrogens is 3. The molecule has 2 heterocycles. The average Bonchev–Trinajstić information content (AvgIpc) is 3.52. The zero-order chi connectivity index (χ0) is 15.9. The van der Waals surface area contributed by atoms with Crippen molar-refractivity contribution in [1.29, 1.82) is 0 Å². The summed E-state index contributed by atoms with van der Waals surface area (Å²) >= 11 is 0. The molecule has 0 N–H and O–H groups in total. The van der Waals surface area contributed by atoms with Gasteiger partial charge in [-0.1, -0.05) is 18.2 Å². The van der Waals surface area contributed by atoms with Gasteiger partial charge in [-0.3, -0.25) is 4.57 Å². The molecule has 2 aromatic rings. The summed E-state index contributed by atoms with van der Waals surface area (Å²) in [6, 6.07) is 10.1. The van der Waals surface area contributed by atoms with E-state index in [0.717, 1.165) is 43.7 Å². The van der Waals surface area contributed by atoms with E-state index in [4.69, 9.17) is 4.74 Å². The molecule has 126 valence electrons. The summed E-state index contributed by atoms with van der Waals surface area (Å²) in [6.45, 7) is 3.02. The fourth-order valence-corrected chi connectivity index (χ4v) is 3.62. The molecule has 2 saturated carbocycles. The fourth-order valence-electron chi connectivity index (χ4n) is 3.62. The van der Waals surface area contributed by atoms with Crippen molar-refractivity contribution in [3.63, 3.8) is 0 Å². The molecule has 1 aromatic carbocycles. The lowest BCUT2D eigenvalue weighted by atomic mass is 10.3. The number of hydrogen-bond donors (Lipinski definition) is 0. The third-order valence-corrected chi connectivity index (χ3v) is 5.31. The standard InChI is InChI=1S/C19H24N4O/c1-2-4-16(5-3-1)24-17-10-11-22(13-17)19-21-20-18(15-8-9-15)23(19)12-14-6-7-14/h1-5,14-15,17H,6-13H2/t17-/m1/s1. The molecule has 1 atom stereocenters. The highest BCUT2D eigenvalue weighted by atomic mass is 16.5. The third kappa shape index (κ3) is 2.87. The summed E-state index contributed by atoms with van der Waals surface area (Å²) in [4.78, 5) is 2.37. The van der Waals surface area contributed by atoms with Gasteiger partial charge < -0.3 is 9.64 Å². The summed E-state index contributed by atoms with van der Waals surface area (Å²) in [7, 11) is 0. The molecule has 0 spiro atoms. The molecular weight excluding hydrogens is 300 g/mol. The number of anilines is 1. The molecule has 5 rings (SSSR count). The minimum Gasteiger partial charge on any atom is -0.489 e. The Labute approximate surface area is 142 Å². The van der Waals surface area contributed by atoms with Crippen molar-refractivity contribution in [1.82, 2.24) is 14.8 Å². The van der Waals surface area contributed by atoms with Crippen LogP contribution in [-0.2, 0) is 6.54 Å². The highest BCUT2D eigenvalue weighted by molar-refractivity contribution is 5.35. The van der Waals surface area contributed by atoms with Crippen LogP contribution in [-0.4, -0.2) is 34.0 Å². The third-order valence-electron chi connectivity index (χ3n) is 5.31. The zero-order valence-electron chi connectivity index (χ0n) is 14.0. The number of rotatable bonds is 6. The van der Waals surface area contributed by atoms with Crippen molar-refractivity contribution < 1.29 is 4.74 Å². The van der Waals surface area contributed by atoms with Gasteiger partial charge in [0.1, 0.15) is 17.7 Å². The molecule has 5 nitrogen and oxygen atoms in total. The highest BCUT2D eigenvalue weighted by Crippen LogP contribution is 2.42. The van der Waals surface area contributed by atoms with E-state index in [2.05, 4.69) is 19.7 Å². The quantitative estimate of drug-likeness (QED) is 0.818. The highest BCUT2D eigenvalue weighted by Gasteiger charge is 2.35. The monoisotopic (exact) mass is 324 g/mol. The normalized spacial score (nSPS) is 23.7. The summed E-state index contributed by atoms with van der Waals surface area (Å²) in [5.41, 5.74) is 0. The van der Waals surface area contributed by atoms with Gasteiger partial charge in [0, 0.05) is 25.4 Å². The van der Waals surface area contributed by atoms with Crippen molar-refractivity contribution in [2.75, 3.05) is 18.0 Å². The average molecular weight is 324 g/mol. The van der Waals surface area contributed by atoms with Gasteiger partial charge in [0.2, 0.25) is 5.95 Å². The maximum absolute atomic E-state index is 6.13. The van der Waals surface area contributed by atoms with Crippen LogP contribution in [0.4, 0.5) is 5.95 Å².